The van der Waals surface area contributed by atoms with Crippen LogP contribution >= 0.6 is 0 Å². The number of anilines is 2. The first-order valence-electron chi connectivity index (χ1n) is 10.5. The molecule has 0 spiro atoms. The molecule has 180 valence electrons. The third-order valence-electron chi connectivity index (χ3n) is 5.79. The minimum atomic E-state index is -4.69. The maximum Gasteiger partial charge on any atom is 0.265 e. The second kappa shape index (κ2) is 8.38. The summed E-state index contributed by atoms with van der Waals surface area (Å²) in [5, 5.41) is 0.416. The first-order valence-corrected chi connectivity index (χ1v) is 12.0. The lowest BCUT2D eigenvalue weighted by atomic mass is 10.0. The average molecular weight is 501 g/mol. The summed E-state index contributed by atoms with van der Waals surface area (Å²) < 4.78 is 70.0. The van der Waals surface area contributed by atoms with Crippen LogP contribution in [0.5, 0.6) is 0 Å². The van der Waals surface area contributed by atoms with Crippen LogP contribution in [0.2, 0.25) is 0 Å². The van der Waals surface area contributed by atoms with Crippen molar-refractivity contribution in [1.29, 1.82) is 0 Å². The molecule has 4 aromatic rings. The third kappa shape index (κ3) is 4.09. The van der Waals surface area contributed by atoms with E-state index < -0.39 is 49.4 Å². The lowest BCUT2D eigenvalue weighted by Crippen LogP contribution is -2.21. The fraction of sp³-hybridized carbons (Fsp3) is 0.174. The molecule has 0 unspecified atom stereocenters. The van der Waals surface area contributed by atoms with Crippen molar-refractivity contribution in [3.63, 3.8) is 0 Å². The lowest BCUT2D eigenvalue weighted by molar-refractivity contribution is 0.103. The number of ketones is 1. The van der Waals surface area contributed by atoms with Crippen LogP contribution in [0.25, 0.3) is 11.0 Å². The number of rotatable bonds is 7. The highest BCUT2D eigenvalue weighted by molar-refractivity contribution is 7.92. The van der Waals surface area contributed by atoms with Crippen molar-refractivity contribution in [2.45, 2.75) is 23.8 Å². The number of H-pyrrole nitrogens is 1. The molecule has 0 radical (unpaired) electrons. The quantitative estimate of drug-likeness (QED) is 0.371. The molecule has 2 aromatic heterocycles. The summed E-state index contributed by atoms with van der Waals surface area (Å²) in [5.74, 6) is -3.57. The number of nitrogens with zero attached hydrogens (tertiary/aromatic N) is 3. The molecule has 35 heavy (non-hydrogen) atoms. The Balaban J connectivity index is 1.54. The van der Waals surface area contributed by atoms with E-state index in [4.69, 9.17) is 0 Å². The van der Waals surface area contributed by atoms with Crippen LogP contribution in [-0.4, -0.2) is 42.2 Å². The van der Waals surface area contributed by atoms with Crippen molar-refractivity contribution in [1.82, 2.24) is 15.0 Å². The van der Waals surface area contributed by atoms with Gasteiger partial charge in [0.15, 0.2) is 11.6 Å². The van der Waals surface area contributed by atoms with Gasteiger partial charge < -0.3 is 9.88 Å². The minimum absolute atomic E-state index is 0.109. The first-order chi connectivity index (χ1) is 16.7. The molecule has 8 nitrogen and oxygen atoms in total. The van der Waals surface area contributed by atoms with E-state index in [1.54, 1.807) is 0 Å². The number of hydrogen-bond donors (Lipinski definition) is 2. The molecule has 0 atom stereocenters. The zero-order valence-corrected chi connectivity index (χ0v) is 19.0. The lowest BCUT2D eigenvalue weighted by Gasteiger charge is -2.18. The average Bonchev–Trinajstić information content (AvgIpc) is 3.59. The Bertz CT molecular complexity index is 1580. The standard InChI is InChI=1S/C23H18F3N5O3S/c1-31(13-6-7-13)23-19-15(10-27-22(19)28-11-29-23)21(32)14-3-2-4-17(20(14)26)30-35(33,34)18-9-12(24)5-8-16(18)25/h2-5,8-11,13,30H,6-7H2,1H3,(H,27,28,29). The van der Waals surface area contributed by atoms with Gasteiger partial charge in [-0.1, -0.05) is 6.07 Å². The summed E-state index contributed by atoms with van der Waals surface area (Å²) in [5.41, 5.74) is -0.511. The summed E-state index contributed by atoms with van der Waals surface area (Å²) in [6, 6.07) is 5.72. The van der Waals surface area contributed by atoms with Gasteiger partial charge in [-0.2, -0.15) is 0 Å². The van der Waals surface area contributed by atoms with Crippen LogP contribution in [0.15, 0.2) is 53.8 Å². The summed E-state index contributed by atoms with van der Waals surface area (Å²) in [6.45, 7) is 0. The van der Waals surface area contributed by atoms with Crippen LogP contribution in [0, 0.1) is 17.5 Å². The monoisotopic (exact) mass is 501 g/mol. The SMILES string of the molecule is CN(c1ncnc2[nH]cc(C(=O)c3cccc(NS(=O)(=O)c4cc(F)ccc4F)c3F)c12)C1CC1. The van der Waals surface area contributed by atoms with Crippen molar-refractivity contribution in [3.05, 3.63) is 77.5 Å². The van der Waals surface area contributed by atoms with Crippen molar-refractivity contribution < 1.29 is 26.4 Å². The predicted octanol–water partition coefficient (Wildman–Crippen LogP) is 4.01. The largest absolute Gasteiger partial charge is 0.356 e. The first kappa shape index (κ1) is 22.8. The molecule has 0 amide bonds. The van der Waals surface area contributed by atoms with Crippen LogP contribution < -0.4 is 9.62 Å². The van der Waals surface area contributed by atoms with Crippen LogP contribution in [0.1, 0.15) is 28.8 Å². The van der Waals surface area contributed by atoms with Gasteiger partial charge in [0.2, 0.25) is 0 Å². The number of sulfonamides is 1. The summed E-state index contributed by atoms with van der Waals surface area (Å²) >= 11 is 0. The molecule has 2 aromatic carbocycles. The number of halogens is 3. The third-order valence-corrected chi connectivity index (χ3v) is 7.17. The zero-order valence-electron chi connectivity index (χ0n) is 18.2. The van der Waals surface area contributed by atoms with Gasteiger partial charge in [0.25, 0.3) is 10.0 Å². The predicted molar refractivity (Wildman–Crippen MR) is 122 cm³/mol. The van der Waals surface area contributed by atoms with E-state index in [2.05, 4.69) is 15.0 Å². The van der Waals surface area contributed by atoms with Gasteiger partial charge in [-0.25, -0.2) is 31.6 Å². The normalized spacial score (nSPS) is 13.7. The highest BCUT2D eigenvalue weighted by atomic mass is 32.2. The van der Waals surface area contributed by atoms with Crippen LogP contribution in [0.4, 0.5) is 24.7 Å². The number of nitrogens with one attached hydrogen (secondary N) is 2. The highest BCUT2D eigenvalue weighted by Crippen LogP contribution is 2.35. The van der Waals surface area contributed by atoms with E-state index >= 15 is 4.39 Å². The Hall–Kier alpha value is -3.93. The molecule has 2 N–H and O–H groups in total. The molecule has 5 rings (SSSR count). The second-order valence-corrected chi connectivity index (χ2v) is 9.79. The Kier molecular flexibility index (Phi) is 5.47. The van der Waals surface area contributed by atoms with Gasteiger partial charge in [0, 0.05) is 19.3 Å². The Labute approximate surface area is 197 Å². The van der Waals surface area contributed by atoms with Gasteiger partial charge in [0.05, 0.1) is 22.2 Å². The van der Waals surface area contributed by atoms with E-state index in [-0.39, 0.29) is 11.6 Å². The second-order valence-electron chi connectivity index (χ2n) is 8.14. The van der Waals surface area contributed by atoms with Crippen LogP contribution in [0.3, 0.4) is 0 Å². The van der Waals surface area contributed by atoms with Crippen molar-refractivity contribution in [2.75, 3.05) is 16.7 Å². The maximum atomic E-state index is 15.4. The number of benzene rings is 2. The fourth-order valence-electron chi connectivity index (χ4n) is 3.84. The number of carbonyl (C=O) groups is 1. The van der Waals surface area contributed by atoms with Gasteiger partial charge in [-0.15, -0.1) is 0 Å². The van der Waals surface area contributed by atoms with E-state index in [1.165, 1.54) is 24.7 Å². The Morgan fingerprint density at radius 1 is 1.11 bits per heavy atom. The Morgan fingerprint density at radius 3 is 2.63 bits per heavy atom. The number of fused-ring (bicyclic) bond motifs is 1. The van der Waals surface area contributed by atoms with E-state index in [9.17, 15) is 22.0 Å². The van der Waals surface area contributed by atoms with Crippen molar-refractivity contribution in [2.24, 2.45) is 0 Å². The number of aromatic amines is 1. The van der Waals surface area contributed by atoms with Gasteiger partial charge >= 0.3 is 0 Å². The molecule has 0 aliphatic heterocycles. The number of carbonyl (C=O) groups excluding carboxylic acids is 1. The summed E-state index contributed by atoms with van der Waals surface area (Å²) in [4.78, 5) is 25.6. The molecular weight excluding hydrogens is 483 g/mol. The fourth-order valence-corrected chi connectivity index (χ4v) is 4.99. The van der Waals surface area contributed by atoms with Gasteiger partial charge in [-0.05, 0) is 43.2 Å². The maximum absolute atomic E-state index is 15.4. The molecular formula is C23H18F3N5O3S. The van der Waals surface area contributed by atoms with E-state index in [0.29, 0.717) is 29.0 Å². The minimum Gasteiger partial charge on any atom is -0.356 e. The Morgan fingerprint density at radius 2 is 1.89 bits per heavy atom. The molecule has 12 heteroatoms. The number of aromatic nitrogens is 3. The van der Waals surface area contributed by atoms with Crippen molar-refractivity contribution >= 4 is 38.3 Å². The molecule has 0 saturated heterocycles. The highest BCUT2D eigenvalue weighted by Gasteiger charge is 2.31. The van der Waals surface area contributed by atoms with Gasteiger partial charge in [-0.3, -0.25) is 9.52 Å². The molecule has 1 saturated carbocycles. The summed E-state index contributed by atoms with van der Waals surface area (Å²) in [7, 11) is -2.84. The summed E-state index contributed by atoms with van der Waals surface area (Å²) in [6.07, 6.45) is 4.73. The number of hydrogen-bond acceptors (Lipinski definition) is 6. The van der Waals surface area contributed by atoms with Crippen molar-refractivity contribution in [3.8, 4) is 0 Å². The molecule has 0 bridgehead atoms. The zero-order chi connectivity index (χ0) is 24.9. The topological polar surface area (TPSA) is 108 Å². The van der Waals surface area contributed by atoms with Crippen LogP contribution in [-0.2, 0) is 10.0 Å². The van der Waals surface area contributed by atoms with E-state index in [1.807, 2.05) is 16.7 Å². The molecule has 1 aliphatic rings. The van der Waals surface area contributed by atoms with Gasteiger partial charge in [0.1, 0.15) is 34.3 Å². The molecule has 1 aliphatic carbocycles. The molecule has 1 fully saturated rings. The van der Waals surface area contributed by atoms with E-state index in [0.717, 1.165) is 25.0 Å². The smallest absolute Gasteiger partial charge is 0.265 e. The molecule has 2 heterocycles.